The first kappa shape index (κ1) is 19.7. The summed E-state index contributed by atoms with van der Waals surface area (Å²) in [5.41, 5.74) is 6.05. The van der Waals surface area contributed by atoms with Gasteiger partial charge in [0.25, 0.3) is 0 Å². The zero-order valence-corrected chi connectivity index (χ0v) is 17.2. The molecule has 0 saturated carbocycles. The maximum atomic E-state index is 4.43. The van der Waals surface area contributed by atoms with Crippen molar-refractivity contribution in [2.75, 3.05) is 0 Å². The van der Waals surface area contributed by atoms with E-state index in [1.807, 2.05) is 6.08 Å². The molecule has 1 heterocycles. The summed E-state index contributed by atoms with van der Waals surface area (Å²) in [6.45, 7) is 14.9. The van der Waals surface area contributed by atoms with Gasteiger partial charge in [-0.1, -0.05) is 98.8 Å². The van der Waals surface area contributed by atoms with Gasteiger partial charge in [-0.05, 0) is 37.5 Å². The number of rotatable bonds is 6. The van der Waals surface area contributed by atoms with Gasteiger partial charge in [0.2, 0.25) is 0 Å². The average molecular weight is 368 g/mol. The highest BCUT2D eigenvalue weighted by atomic mass is 15.0. The largest absolute Gasteiger partial charge is 0.314 e. The van der Waals surface area contributed by atoms with E-state index in [0.717, 1.165) is 29.0 Å². The molecule has 0 bridgehead atoms. The molecule has 0 spiro atoms. The maximum Gasteiger partial charge on any atom is 0.0537 e. The summed E-state index contributed by atoms with van der Waals surface area (Å²) in [4.78, 5) is 0. The minimum absolute atomic E-state index is 1.03. The SMILES string of the molecule is C=C/C(=C\C=c1/c(=C)n(/C(=C/C)CCC)c2ccccc12)c1ccc(C)cc1. The van der Waals surface area contributed by atoms with Gasteiger partial charge in [-0.25, -0.2) is 0 Å². The summed E-state index contributed by atoms with van der Waals surface area (Å²) >= 11 is 0. The van der Waals surface area contributed by atoms with E-state index < -0.39 is 0 Å². The Morgan fingerprint density at radius 3 is 2.43 bits per heavy atom. The Hall–Kier alpha value is -3.06. The number of hydrogen-bond donors (Lipinski definition) is 0. The summed E-state index contributed by atoms with van der Waals surface area (Å²) in [5.74, 6) is 0. The van der Waals surface area contributed by atoms with Crippen LogP contribution in [0.4, 0.5) is 0 Å². The Bertz CT molecular complexity index is 1150. The highest BCUT2D eigenvalue weighted by Gasteiger charge is 2.08. The van der Waals surface area contributed by atoms with Gasteiger partial charge in [0.05, 0.1) is 5.52 Å². The lowest BCUT2D eigenvalue weighted by Gasteiger charge is -2.09. The highest BCUT2D eigenvalue weighted by Crippen LogP contribution is 2.18. The van der Waals surface area contributed by atoms with E-state index in [1.165, 1.54) is 27.7 Å². The topological polar surface area (TPSA) is 4.93 Å². The number of aromatic nitrogens is 1. The van der Waals surface area contributed by atoms with Gasteiger partial charge >= 0.3 is 0 Å². The fraction of sp³-hybridized carbons (Fsp3) is 0.185. The van der Waals surface area contributed by atoms with Crippen LogP contribution in [0.3, 0.4) is 0 Å². The van der Waals surface area contributed by atoms with Crippen LogP contribution in [0, 0.1) is 6.92 Å². The standard InChI is InChI=1S/C27H29N/c1-6-11-24(8-3)28-21(5)25(26-12-9-10-13-27(26)28)19-18-22(7-2)23-16-14-20(4)15-17-23/h7-10,12-19H,2,5-6,11H2,1,3-4H3/b22-18+,24-8+,25-19+. The van der Waals surface area contributed by atoms with Gasteiger partial charge in [-0.3, -0.25) is 0 Å². The van der Waals surface area contributed by atoms with Crippen molar-refractivity contribution in [2.24, 2.45) is 0 Å². The number of hydrogen-bond acceptors (Lipinski definition) is 0. The number of aryl methyl sites for hydroxylation is 1. The van der Waals surface area contributed by atoms with Crippen molar-refractivity contribution in [1.82, 2.24) is 4.57 Å². The van der Waals surface area contributed by atoms with Crippen LogP contribution in [0.1, 0.15) is 37.8 Å². The van der Waals surface area contributed by atoms with Crippen molar-refractivity contribution in [1.29, 1.82) is 0 Å². The first-order valence-electron chi connectivity index (χ1n) is 9.96. The molecular formula is C27H29N. The van der Waals surface area contributed by atoms with E-state index in [-0.39, 0.29) is 0 Å². The molecule has 0 unspecified atom stereocenters. The molecule has 0 aliphatic heterocycles. The Morgan fingerprint density at radius 2 is 1.79 bits per heavy atom. The predicted octanol–water partition coefficient (Wildman–Crippen LogP) is 6.07. The summed E-state index contributed by atoms with van der Waals surface area (Å²) in [5, 5.41) is 3.43. The number of allylic oxidation sites excluding steroid dienone is 5. The second kappa shape index (κ2) is 8.75. The molecule has 142 valence electrons. The molecule has 3 rings (SSSR count). The summed E-state index contributed by atoms with van der Waals surface area (Å²) in [6.07, 6.45) is 10.6. The van der Waals surface area contributed by atoms with E-state index in [0.29, 0.717) is 0 Å². The molecule has 1 aromatic heterocycles. The number of nitrogens with zero attached hydrogens (tertiary/aromatic N) is 1. The van der Waals surface area contributed by atoms with Crippen LogP contribution >= 0.6 is 0 Å². The van der Waals surface area contributed by atoms with Crippen molar-refractivity contribution < 1.29 is 0 Å². The Labute approximate surface area is 168 Å². The Balaban J connectivity index is 2.23. The molecule has 3 aromatic rings. The fourth-order valence-electron chi connectivity index (χ4n) is 3.67. The molecule has 0 N–H and O–H groups in total. The smallest absolute Gasteiger partial charge is 0.0537 e. The third-order valence-corrected chi connectivity index (χ3v) is 5.18. The quantitative estimate of drug-likeness (QED) is 0.466. The van der Waals surface area contributed by atoms with Crippen molar-refractivity contribution >= 4 is 34.8 Å². The molecule has 1 nitrogen and oxygen atoms in total. The van der Waals surface area contributed by atoms with E-state index >= 15 is 0 Å². The normalized spacial score (nSPS) is 13.3. The highest BCUT2D eigenvalue weighted by molar-refractivity contribution is 5.87. The lowest BCUT2D eigenvalue weighted by Crippen LogP contribution is -2.27. The molecule has 0 amide bonds. The van der Waals surface area contributed by atoms with E-state index in [2.05, 4.69) is 105 Å². The van der Waals surface area contributed by atoms with Crippen LogP contribution in [0.5, 0.6) is 0 Å². The average Bonchev–Trinajstić information content (AvgIpc) is 2.99. The van der Waals surface area contributed by atoms with Gasteiger partial charge in [-0.15, -0.1) is 0 Å². The molecule has 0 fully saturated rings. The molecule has 1 heteroatoms. The van der Waals surface area contributed by atoms with Crippen LogP contribution in [-0.2, 0) is 0 Å². The van der Waals surface area contributed by atoms with E-state index in [4.69, 9.17) is 0 Å². The van der Waals surface area contributed by atoms with E-state index in [9.17, 15) is 0 Å². The molecule has 28 heavy (non-hydrogen) atoms. The van der Waals surface area contributed by atoms with Crippen molar-refractivity contribution in [3.63, 3.8) is 0 Å². The summed E-state index contributed by atoms with van der Waals surface area (Å²) in [6, 6.07) is 17.1. The molecular weight excluding hydrogens is 338 g/mol. The van der Waals surface area contributed by atoms with Crippen molar-refractivity contribution in [2.45, 2.75) is 33.6 Å². The van der Waals surface area contributed by atoms with Crippen molar-refractivity contribution in [3.8, 4) is 0 Å². The Kier molecular flexibility index (Phi) is 6.16. The van der Waals surface area contributed by atoms with Crippen LogP contribution in [-0.4, -0.2) is 4.57 Å². The molecule has 0 aliphatic rings. The minimum Gasteiger partial charge on any atom is -0.314 e. The summed E-state index contributed by atoms with van der Waals surface area (Å²) in [7, 11) is 0. The number of para-hydroxylation sites is 1. The van der Waals surface area contributed by atoms with Gasteiger partial charge in [0.1, 0.15) is 0 Å². The van der Waals surface area contributed by atoms with E-state index in [1.54, 1.807) is 0 Å². The van der Waals surface area contributed by atoms with Crippen LogP contribution in [0.15, 0.2) is 73.3 Å². The fourth-order valence-corrected chi connectivity index (χ4v) is 3.67. The molecule has 2 aromatic carbocycles. The zero-order chi connectivity index (χ0) is 20.1. The van der Waals surface area contributed by atoms with Crippen LogP contribution in [0.25, 0.3) is 34.8 Å². The first-order chi connectivity index (χ1) is 13.6. The summed E-state index contributed by atoms with van der Waals surface area (Å²) < 4.78 is 2.30. The second-order valence-corrected chi connectivity index (χ2v) is 7.10. The minimum atomic E-state index is 1.03. The number of fused-ring (bicyclic) bond motifs is 1. The molecule has 0 atom stereocenters. The molecule has 0 aliphatic carbocycles. The zero-order valence-electron chi connectivity index (χ0n) is 17.2. The van der Waals surface area contributed by atoms with Gasteiger partial charge < -0.3 is 4.57 Å². The predicted molar refractivity (Wildman–Crippen MR) is 125 cm³/mol. The third kappa shape index (κ3) is 3.80. The Morgan fingerprint density at radius 1 is 1.07 bits per heavy atom. The van der Waals surface area contributed by atoms with Crippen LogP contribution < -0.4 is 10.6 Å². The van der Waals surface area contributed by atoms with Gasteiger partial charge in [-0.2, -0.15) is 0 Å². The third-order valence-electron chi connectivity index (χ3n) is 5.18. The lowest BCUT2D eigenvalue weighted by atomic mass is 10.0. The first-order valence-corrected chi connectivity index (χ1v) is 9.96. The lowest BCUT2D eigenvalue weighted by molar-refractivity contribution is 0.903. The maximum absolute atomic E-state index is 4.43. The molecule has 0 radical (unpaired) electrons. The van der Waals surface area contributed by atoms with Gasteiger partial charge in [0, 0.05) is 21.7 Å². The second-order valence-electron chi connectivity index (χ2n) is 7.10. The molecule has 0 saturated heterocycles. The monoisotopic (exact) mass is 367 g/mol. The van der Waals surface area contributed by atoms with Gasteiger partial charge in [0.15, 0.2) is 0 Å². The number of benzene rings is 2. The van der Waals surface area contributed by atoms with Crippen LogP contribution in [0.2, 0.25) is 0 Å². The van der Waals surface area contributed by atoms with Crippen molar-refractivity contribution in [3.05, 3.63) is 95.0 Å².